The third-order valence-electron chi connectivity index (χ3n) is 2.52. The van der Waals surface area contributed by atoms with Gasteiger partial charge >= 0.3 is 11.7 Å². The van der Waals surface area contributed by atoms with Crippen LogP contribution in [0.15, 0.2) is 21.3 Å². The van der Waals surface area contributed by atoms with Gasteiger partial charge in [0.05, 0.1) is 12.1 Å². The molecule has 6 nitrogen and oxygen atoms in total. The fourth-order valence-corrected chi connectivity index (χ4v) is 1.82. The number of rotatable bonds is 4. The van der Waals surface area contributed by atoms with E-state index in [4.69, 9.17) is 9.15 Å². The Morgan fingerprint density at radius 2 is 2.00 bits per heavy atom. The quantitative estimate of drug-likeness (QED) is 0.892. The van der Waals surface area contributed by atoms with Crippen LogP contribution in [0.3, 0.4) is 0 Å². The zero-order chi connectivity index (χ0) is 16.2. The van der Waals surface area contributed by atoms with E-state index < -0.39 is 23.4 Å². The largest absolute Gasteiger partial charge is 0.508 e. The van der Waals surface area contributed by atoms with Crippen LogP contribution in [0.2, 0.25) is 0 Å². The third-order valence-corrected chi connectivity index (χ3v) is 2.52. The predicted molar refractivity (Wildman–Crippen MR) is 78.2 cm³/mol. The van der Waals surface area contributed by atoms with Gasteiger partial charge in [-0.2, -0.15) is 0 Å². The summed E-state index contributed by atoms with van der Waals surface area (Å²) < 4.78 is 10.3. The molecular formula is C15H23NO5. The fraction of sp³-hybridized carbons (Fsp3) is 0.600. The molecule has 0 radical (unpaired) electrons. The molecule has 0 bridgehead atoms. The summed E-state index contributed by atoms with van der Waals surface area (Å²) in [6.07, 6.45) is -0.0508. The lowest BCUT2D eigenvalue weighted by Crippen LogP contribution is -2.35. The SMILES string of the molecule is CC(C)CC(NC(=O)OC(C)(C)C)c1cc(O)cc(=O)o1. The van der Waals surface area contributed by atoms with E-state index >= 15 is 0 Å². The van der Waals surface area contributed by atoms with Crippen LogP contribution in [-0.2, 0) is 4.74 Å². The summed E-state index contributed by atoms with van der Waals surface area (Å²) >= 11 is 0. The topological polar surface area (TPSA) is 88.8 Å². The molecule has 1 atom stereocenters. The Morgan fingerprint density at radius 3 is 2.48 bits per heavy atom. The monoisotopic (exact) mass is 297 g/mol. The second-order valence-electron chi connectivity index (χ2n) is 6.37. The number of carbonyl (C=O) groups excluding carboxylic acids is 1. The van der Waals surface area contributed by atoms with E-state index in [-0.39, 0.29) is 17.4 Å². The van der Waals surface area contributed by atoms with Crippen molar-refractivity contribution < 1.29 is 19.1 Å². The Balaban J connectivity index is 2.95. The summed E-state index contributed by atoms with van der Waals surface area (Å²) in [5, 5.41) is 12.2. The first-order valence-corrected chi connectivity index (χ1v) is 6.90. The first-order chi connectivity index (χ1) is 9.56. The molecule has 2 N–H and O–H groups in total. The minimum atomic E-state index is -0.662. The van der Waals surface area contributed by atoms with Crippen molar-refractivity contribution in [3.63, 3.8) is 0 Å². The van der Waals surface area contributed by atoms with Gasteiger partial charge in [-0.25, -0.2) is 9.59 Å². The third kappa shape index (κ3) is 6.33. The van der Waals surface area contributed by atoms with Crippen LogP contribution in [0.5, 0.6) is 5.75 Å². The van der Waals surface area contributed by atoms with E-state index in [1.54, 1.807) is 20.8 Å². The molecule has 21 heavy (non-hydrogen) atoms. The van der Waals surface area contributed by atoms with Crippen LogP contribution in [0.25, 0.3) is 0 Å². The van der Waals surface area contributed by atoms with Crippen LogP contribution >= 0.6 is 0 Å². The van der Waals surface area contributed by atoms with E-state index in [0.717, 1.165) is 6.07 Å². The maximum absolute atomic E-state index is 11.9. The number of carbonyl (C=O) groups is 1. The van der Waals surface area contributed by atoms with E-state index in [1.807, 2.05) is 13.8 Å². The molecule has 1 unspecified atom stereocenters. The summed E-state index contributed by atoms with van der Waals surface area (Å²) in [4.78, 5) is 23.2. The maximum atomic E-state index is 11.9. The first kappa shape index (κ1) is 17.1. The summed E-state index contributed by atoms with van der Waals surface area (Å²) in [6.45, 7) is 9.24. The van der Waals surface area contributed by atoms with Crippen LogP contribution in [0.1, 0.15) is 52.8 Å². The molecule has 118 valence electrons. The standard InChI is InChI=1S/C15H23NO5/c1-9(2)6-11(16-14(19)21-15(3,4)5)12-7-10(17)8-13(18)20-12/h7-9,11,17H,6H2,1-5H3,(H,16,19). The van der Waals surface area contributed by atoms with Gasteiger partial charge in [-0.05, 0) is 33.1 Å². The van der Waals surface area contributed by atoms with Gasteiger partial charge in [-0.15, -0.1) is 0 Å². The smallest absolute Gasteiger partial charge is 0.408 e. The van der Waals surface area contributed by atoms with Crippen molar-refractivity contribution in [2.75, 3.05) is 0 Å². The summed E-state index contributed by atoms with van der Waals surface area (Å²) in [6, 6.07) is 1.76. The lowest BCUT2D eigenvalue weighted by molar-refractivity contribution is 0.0489. The van der Waals surface area contributed by atoms with Crippen molar-refractivity contribution in [2.24, 2.45) is 5.92 Å². The molecule has 0 aliphatic rings. The van der Waals surface area contributed by atoms with Crippen LogP contribution in [0, 0.1) is 5.92 Å². The maximum Gasteiger partial charge on any atom is 0.408 e. The van der Waals surface area contributed by atoms with E-state index in [1.165, 1.54) is 6.07 Å². The Kier molecular flexibility index (Phi) is 5.41. The molecule has 1 aromatic rings. The highest BCUT2D eigenvalue weighted by molar-refractivity contribution is 5.68. The van der Waals surface area contributed by atoms with Crippen LogP contribution < -0.4 is 10.9 Å². The van der Waals surface area contributed by atoms with Crippen molar-refractivity contribution in [2.45, 2.75) is 52.7 Å². The second-order valence-corrected chi connectivity index (χ2v) is 6.37. The van der Waals surface area contributed by atoms with Crippen molar-refractivity contribution in [1.82, 2.24) is 5.32 Å². The molecular weight excluding hydrogens is 274 g/mol. The number of hydrogen-bond donors (Lipinski definition) is 2. The van der Waals surface area contributed by atoms with Gasteiger partial charge in [0.25, 0.3) is 0 Å². The number of aromatic hydroxyl groups is 1. The molecule has 0 spiro atoms. The molecule has 1 aromatic heterocycles. The van der Waals surface area contributed by atoms with Gasteiger partial charge in [0.2, 0.25) is 0 Å². The second kappa shape index (κ2) is 6.65. The lowest BCUT2D eigenvalue weighted by Gasteiger charge is -2.24. The predicted octanol–water partition coefficient (Wildman–Crippen LogP) is 2.96. The number of alkyl carbamates (subject to hydrolysis) is 1. The summed E-state index contributed by atoms with van der Waals surface area (Å²) in [7, 11) is 0. The van der Waals surface area contributed by atoms with Crippen LogP contribution in [0.4, 0.5) is 4.79 Å². The Bertz CT molecular complexity index is 542. The minimum Gasteiger partial charge on any atom is -0.508 e. The van der Waals surface area contributed by atoms with E-state index in [2.05, 4.69) is 5.32 Å². The van der Waals surface area contributed by atoms with E-state index in [0.29, 0.717) is 6.42 Å². The average Bonchev–Trinajstić information content (AvgIpc) is 2.23. The van der Waals surface area contributed by atoms with Gasteiger partial charge in [0.15, 0.2) is 0 Å². The highest BCUT2D eigenvalue weighted by Crippen LogP contribution is 2.23. The minimum absolute atomic E-state index is 0.194. The molecule has 0 aromatic carbocycles. The van der Waals surface area contributed by atoms with Crippen molar-refractivity contribution >= 4 is 6.09 Å². The van der Waals surface area contributed by atoms with Gasteiger partial charge < -0.3 is 19.6 Å². The molecule has 0 aliphatic carbocycles. The average molecular weight is 297 g/mol. The number of hydrogen-bond acceptors (Lipinski definition) is 5. The van der Waals surface area contributed by atoms with Crippen molar-refractivity contribution in [1.29, 1.82) is 0 Å². The molecule has 1 heterocycles. The van der Waals surface area contributed by atoms with Gasteiger partial charge in [-0.3, -0.25) is 0 Å². The summed E-state index contributed by atoms with van der Waals surface area (Å²) in [5.41, 5.74) is -1.28. The fourth-order valence-electron chi connectivity index (χ4n) is 1.82. The van der Waals surface area contributed by atoms with Gasteiger partial charge in [-0.1, -0.05) is 13.8 Å². The number of ether oxygens (including phenoxy) is 1. The zero-order valence-electron chi connectivity index (χ0n) is 13.1. The lowest BCUT2D eigenvalue weighted by atomic mass is 10.0. The Morgan fingerprint density at radius 1 is 1.38 bits per heavy atom. The molecule has 1 rings (SSSR count). The molecule has 0 aliphatic heterocycles. The molecule has 1 amide bonds. The summed E-state index contributed by atoms with van der Waals surface area (Å²) in [5.74, 6) is 0.262. The number of amides is 1. The zero-order valence-corrected chi connectivity index (χ0v) is 13.1. The normalized spacial score (nSPS) is 13.0. The van der Waals surface area contributed by atoms with Gasteiger partial charge in [0, 0.05) is 6.07 Å². The molecule has 0 saturated carbocycles. The molecule has 6 heteroatoms. The first-order valence-electron chi connectivity index (χ1n) is 6.90. The van der Waals surface area contributed by atoms with Gasteiger partial charge in [0.1, 0.15) is 17.1 Å². The Labute approximate surface area is 124 Å². The highest BCUT2D eigenvalue weighted by atomic mass is 16.6. The molecule has 0 saturated heterocycles. The van der Waals surface area contributed by atoms with E-state index in [9.17, 15) is 14.7 Å². The number of nitrogens with one attached hydrogen (secondary N) is 1. The van der Waals surface area contributed by atoms with Crippen molar-refractivity contribution in [3.05, 3.63) is 28.3 Å². The highest BCUT2D eigenvalue weighted by Gasteiger charge is 2.23. The van der Waals surface area contributed by atoms with Crippen LogP contribution in [-0.4, -0.2) is 16.8 Å². The molecule has 0 fully saturated rings. The Hall–Kier alpha value is -1.98. The van der Waals surface area contributed by atoms with Crippen molar-refractivity contribution in [3.8, 4) is 5.75 Å².